The summed E-state index contributed by atoms with van der Waals surface area (Å²) in [7, 11) is 0. The predicted molar refractivity (Wildman–Crippen MR) is 67.4 cm³/mol. The van der Waals surface area contributed by atoms with Crippen LogP contribution in [0.15, 0.2) is 48.7 Å². The molecule has 0 bridgehead atoms. The highest BCUT2D eigenvalue weighted by Crippen LogP contribution is 2.21. The molecule has 0 unspecified atom stereocenters. The highest BCUT2D eigenvalue weighted by molar-refractivity contribution is 5.80. The molecule has 1 aromatic heterocycles. The summed E-state index contributed by atoms with van der Waals surface area (Å²) in [6.45, 7) is 0.235. The van der Waals surface area contributed by atoms with Crippen LogP contribution >= 0.6 is 0 Å². The Kier molecular flexibility index (Phi) is 2.78. The lowest BCUT2D eigenvalue weighted by molar-refractivity contribution is 0.567. The van der Waals surface area contributed by atoms with Crippen molar-refractivity contribution < 1.29 is 13.2 Å². The summed E-state index contributed by atoms with van der Waals surface area (Å²) >= 11 is 0. The van der Waals surface area contributed by atoms with Crippen molar-refractivity contribution in [1.29, 1.82) is 0 Å². The molecule has 96 valence electrons. The van der Waals surface area contributed by atoms with E-state index in [9.17, 15) is 13.2 Å². The van der Waals surface area contributed by atoms with Gasteiger partial charge in [-0.3, -0.25) is 0 Å². The lowest BCUT2D eigenvalue weighted by atomic mass is 10.2. The maximum absolute atomic E-state index is 13.6. The first-order valence-electron chi connectivity index (χ1n) is 5.82. The van der Waals surface area contributed by atoms with E-state index in [2.05, 4.69) is 0 Å². The highest BCUT2D eigenvalue weighted by atomic mass is 19.1. The molecule has 0 aliphatic carbocycles. The van der Waals surface area contributed by atoms with Crippen LogP contribution in [0.1, 0.15) is 5.56 Å². The van der Waals surface area contributed by atoms with Crippen LogP contribution in [0.2, 0.25) is 0 Å². The largest absolute Gasteiger partial charge is 0.343 e. The molecule has 4 heteroatoms. The number of benzene rings is 2. The molecule has 2 aromatic carbocycles. The van der Waals surface area contributed by atoms with Gasteiger partial charge in [0.05, 0.1) is 12.1 Å². The Morgan fingerprint density at radius 2 is 1.74 bits per heavy atom. The van der Waals surface area contributed by atoms with Crippen LogP contribution in [0.25, 0.3) is 10.9 Å². The van der Waals surface area contributed by atoms with Crippen molar-refractivity contribution in [2.24, 2.45) is 0 Å². The van der Waals surface area contributed by atoms with Crippen molar-refractivity contribution in [2.75, 3.05) is 0 Å². The number of rotatable bonds is 2. The zero-order valence-corrected chi connectivity index (χ0v) is 9.91. The van der Waals surface area contributed by atoms with E-state index in [1.807, 2.05) is 0 Å². The van der Waals surface area contributed by atoms with Crippen LogP contribution < -0.4 is 0 Å². The van der Waals surface area contributed by atoms with Crippen molar-refractivity contribution in [1.82, 2.24) is 4.57 Å². The van der Waals surface area contributed by atoms with E-state index in [1.54, 1.807) is 29.0 Å². The molecule has 0 radical (unpaired) electrons. The lowest BCUT2D eigenvalue weighted by Gasteiger charge is -2.07. The average Bonchev–Trinajstić information content (AvgIpc) is 2.78. The second-order valence-corrected chi connectivity index (χ2v) is 4.35. The fourth-order valence-corrected chi connectivity index (χ4v) is 2.16. The van der Waals surface area contributed by atoms with Crippen LogP contribution in [-0.2, 0) is 6.54 Å². The van der Waals surface area contributed by atoms with E-state index in [1.165, 1.54) is 18.2 Å². The molecule has 0 amide bonds. The Hall–Kier alpha value is -2.23. The molecular weight excluding hydrogens is 251 g/mol. The van der Waals surface area contributed by atoms with Crippen molar-refractivity contribution in [3.63, 3.8) is 0 Å². The van der Waals surface area contributed by atoms with E-state index in [0.717, 1.165) is 6.07 Å². The van der Waals surface area contributed by atoms with Crippen molar-refractivity contribution >= 4 is 10.9 Å². The first-order chi connectivity index (χ1) is 9.15. The van der Waals surface area contributed by atoms with E-state index >= 15 is 0 Å². The standard InChI is InChI=1S/C15H10F3N/c16-11-5-4-10(14(18)8-11)9-19-7-6-12-13(17)2-1-3-15(12)19/h1-8H,9H2. The average molecular weight is 261 g/mol. The molecule has 0 atom stereocenters. The summed E-state index contributed by atoms with van der Waals surface area (Å²) in [4.78, 5) is 0. The van der Waals surface area contributed by atoms with Crippen LogP contribution in [-0.4, -0.2) is 4.57 Å². The molecule has 3 rings (SSSR count). The zero-order valence-electron chi connectivity index (χ0n) is 9.91. The van der Waals surface area contributed by atoms with Gasteiger partial charge in [0, 0.05) is 23.2 Å². The minimum absolute atomic E-state index is 0.235. The van der Waals surface area contributed by atoms with Gasteiger partial charge >= 0.3 is 0 Å². The molecule has 0 fully saturated rings. The number of halogens is 3. The van der Waals surface area contributed by atoms with Crippen LogP contribution in [0, 0.1) is 17.5 Å². The molecule has 0 aliphatic heterocycles. The molecule has 0 saturated carbocycles. The van der Waals surface area contributed by atoms with Gasteiger partial charge in [-0.1, -0.05) is 12.1 Å². The van der Waals surface area contributed by atoms with Crippen molar-refractivity contribution in [3.8, 4) is 0 Å². The quantitative estimate of drug-likeness (QED) is 0.654. The van der Waals surface area contributed by atoms with Crippen LogP contribution in [0.3, 0.4) is 0 Å². The van der Waals surface area contributed by atoms with E-state index in [4.69, 9.17) is 0 Å². The van der Waals surface area contributed by atoms with Gasteiger partial charge in [0.15, 0.2) is 0 Å². The van der Waals surface area contributed by atoms with Gasteiger partial charge < -0.3 is 4.57 Å². The van der Waals surface area contributed by atoms with Gasteiger partial charge in [0.25, 0.3) is 0 Å². The minimum atomic E-state index is -0.607. The molecule has 1 nitrogen and oxygen atoms in total. The van der Waals surface area contributed by atoms with Crippen LogP contribution in [0.5, 0.6) is 0 Å². The van der Waals surface area contributed by atoms with E-state index in [-0.39, 0.29) is 12.4 Å². The Morgan fingerprint density at radius 1 is 0.895 bits per heavy atom. The monoisotopic (exact) mass is 261 g/mol. The first kappa shape index (κ1) is 11.8. The molecular formula is C15H10F3N. The van der Waals surface area contributed by atoms with Gasteiger partial charge in [-0.25, -0.2) is 13.2 Å². The smallest absolute Gasteiger partial charge is 0.132 e. The SMILES string of the molecule is Fc1ccc(Cn2ccc3c(F)cccc32)c(F)c1. The molecule has 3 aromatic rings. The second-order valence-electron chi connectivity index (χ2n) is 4.35. The summed E-state index contributed by atoms with van der Waals surface area (Å²) in [5, 5.41) is 0.491. The molecule has 19 heavy (non-hydrogen) atoms. The maximum Gasteiger partial charge on any atom is 0.132 e. The van der Waals surface area contributed by atoms with Gasteiger partial charge in [0.1, 0.15) is 17.5 Å². The maximum atomic E-state index is 13.6. The fraction of sp³-hybridized carbons (Fsp3) is 0.0667. The normalized spacial score (nSPS) is 11.1. The number of aromatic nitrogens is 1. The van der Waals surface area contributed by atoms with Gasteiger partial charge in [-0.15, -0.1) is 0 Å². The first-order valence-corrected chi connectivity index (χ1v) is 5.82. The number of nitrogens with zero attached hydrogens (tertiary/aromatic N) is 1. The van der Waals surface area contributed by atoms with Crippen molar-refractivity contribution in [2.45, 2.75) is 6.54 Å². The fourth-order valence-electron chi connectivity index (χ4n) is 2.16. The van der Waals surface area contributed by atoms with E-state index < -0.39 is 11.6 Å². The number of hydrogen-bond acceptors (Lipinski definition) is 0. The van der Waals surface area contributed by atoms with E-state index in [0.29, 0.717) is 16.5 Å². The third kappa shape index (κ3) is 2.10. The topological polar surface area (TPSA) is 4.93 Å². The molecule has 0 saturated heterocycles. The molecule has 0 N–H and O–H groups in total. The Morgan fingerprint density at radius 3 is 2.53 bits per heavy atom. The van der Waals surface area contributed by atoms with Crippen LogP contribution in [0.4, 0.5) is 13.2 Å². The highest BCUT2D eigenvalue weighted by Gasteiger charge is 2.08. The summed E-state index contributed by atoms with van der Waals surface area (Å²) in [6.07, 6.45) is 1.69. The Balaban J connectivity index is 2.04. The summed E-state index contributed by atoms with van der Waals surface area (Å²) in [5.74, 6) is -1.52. The summed E-state index contributed by atoms with van der Waals surface area (Å²) in [6, 6.07) is 9.86. The van der Waals surface area contributed by atoms with Gasteiger partial charge in [-0.05, 0) is 24.3 Å². The molecule has 1 heterocycles. The van der Waals surface area contributed by atoms with Gasteiger partial charge in [-0.2, -0.15) is 0 Å². The van der Waals surface area contributed by atoms with Crippen molar-refractivity contribution in [3.05, 3.63) is 71.7 Å². The molecule has 0 spiro atoms. The lowest BCUT2D eigenvalue weighted by Crippen LogP contribution is -2.01. The summed E-state index contributed by atoms with van der Waals surface area (Å²) < 4.78 is 41.7. The number of fused-ring (bicyclic) bond motifs is 1. The predicted octanol–water partition coefficient (Wildman–Crippen LogP) is 4.11. The third-order valence-corrected chi connectivity index (χ3v) is 3.12. The molecule has 0 aliphatic rings. The minimum Gasteiger partial charge on any atom is -0.343 e. The third-order valence-electron chi connectivity index (χ3n) is 3.12. The second kappa shape index (κ2) is 4.46. The Labute approximate surface area is 107 Å². The van der Waals surface area contributed by atoms with Gasteiger partial charge in [0.2, 0.25) is 0 Å². The summed E-state index contributed by atoms with van der Waals surface area (Å²) in [5.41, 5.74) is 1.05. The Bertz CT molecular complexity index is 746. The zero-order chi connectivity index (χ0) is 13.4. The number of hydrogen-bond donors (Lipinski definition) is 0.